The Morgan fingerprint density at radius 3 is 3.24 bits per heavy atom. The van der Waals surface area contributed by atoms with Crippen molar-refractivity contribution in [3.05, 3.63) is 40.2 Å². The fourth-order valence-corrected chi connectivity index (χ4v) is 3.74. The van der Waals surface area contributed by atoms with Crippen LogP contribution in [0.25, 0.3) is 10.2 Å². The van der Waals surface area contributed by atoms with Crippen LogP contribution in [-0.4, -0.2) is 32.5 Å². The molecule has 0 fully saturated rings. The highest BCUT2D eigenvalue weighted by atomic mass is 32.1. The van der Waals surface area contributed by atoms with Gasteiger partial charge < -0.3 is 9.88 Å². The first kappa shape index (κ1) is 12.6. The number of hydrogen-bond donors (Lipinski definition) is 2. The van der Waals surface area contributed by atoms with Crippen molar-refractivity contribution in [2.24, 2.45) is 0 Å². The molecule has 21 heavy (non-hydrogen) atoms. The third kappa shape index (κ3) is 1.98. The predicted molar refractivity (Wildman–Crippen MR) is 82.6 cm³/mol. The highest BCUT2D eigenvalue weighted by molar-refractivity contribution is 7.17. The van der Waals surface area contributed by atoms with Crippen molar-refractivity contribution >= 4 is 27.5 Å². The van der Waals surface area contributed by atoms with E-state index in [4.69, 9.17) is 0 Å². The molecule has 1 aliphatic rings. The van der Waals surface area contributed by atoms with Gasteiger partial charge in [-0.3, -0.25) is 9.89 Å². The Morgan fingerprint density at radius 1 is 1.52 bits per heavy atom. The Labute approximate surface area is 126 Å². The molecule has 1 amide bonds. The number of thiophene rings is 1. The van der Waals surface area contributed by atoms with Gasteiger partial charge in [0.1, 0.15) is 5.69 Å². The third-order valence-electron chi connectivity index (χ3n) is 4.11. The Bertz CT molecular complexity index is 771. The van der Waals surface area contributed by atoms with Gasteiger partial charge in [-0.2, -0.15) is 5.10 Å². The maximum Gasteiger partial charge on any atom is 0.270 e. The standard InChI is InChI=1S/C15H16N4OS/c1-2-10-9-8-19(5-3-11(9)18-17-10)15(20)13-7-14-12(16-13)4-6-21-14/h4,6-7,16H,2-3,5,8H2,1H3,(H,17,18). The first-order chi connectivity index (χ1) is 10.3. The largest absolute Gasteiger partial charge is 0.350 e. The molecule has 108 valence electrons. The summed E-state index contributed by atoms with van der Waals surface area (Å²) in [5, 5.41) is 9.47. The monoisotopic (exact) mass is 300 g/mol. The summed E-state index contributed by atoms with van der Waals surface area (Å²) < 4.78 is 1.13. The number of hydrogen-bond acceptors (Lipinski definition) is 3. The Kier molecular flexibility index (Phi) is 2.85. The molecule has 4 rings (SSSR count). The van der Waals surface area contributed by atoms with Crippen molar-refractivity contribution in [1.82, 2.24) is 20.1 Å². The Balaban J connectivity index is 1.62. The summed E-state index contributed by atoms with van der Waals surface area (Å²) >= 11 is 1.65. The second-order valence-electron chi connectivity index (χ2n) is 5.34. The molecule has 0 atom stereocenters. The minimum Gasteiger partial charge on any atom is -0.350 e. The third-order valence-corrected chi connectivity index (χ3v) is 4.98. The van der Waals surface area contributed by atoms with E-state index in [1.54, 1.807) is 11.3 Å². The number of aryl methyl sites for hydroxylation is 1. The lowest BCUT2D eigenvalue weighted by atomic mass is 10.0. The number of aromatic nitrogens is 3. The smallest absolute Gasteiger partial charge is 0.270 e. The lowest BCUT2D eigenvalue weighted by Crippen LogP contribution is -2.36. The van der Waals surface area contributed by atoms with Crippen LogP contribution in [0, 0.1) is 0 Å². The van der Waals surface area contributed by atoms with Gasteiger partial charge in [-0.1, -0.05) is 6.92 Å². The summed E-state index contributed by atoms with van der Waals surface area (Å²) in [6, 6.07) is 3.96. The molecule has 6 heteroatoms. The van der Waals surface area contributed by atoms with E-state index in [1.807, 2.05) is 22.4 Å². The molecule has 0 bridgehead atoms. The van der Waals surface area contributed by atoms with Gasteiger partial charge in [0.25, 0.3) is 5.91 Å². The topological polar surface area (TPSA) is 64.8 Å². The summed E-state index contributed by atoms with van der Waals surface area (Å²) in [6.45, 7) is 3.49. The van der Waals surface area contributed by atoms with Crippen molar-refractivity contribution in [3.8, 4) is 0 Å². The number of rotatable bonds is 2. The number of fused-ring (bicyclic) bond motifs is 2. The van der Waals surface area contributed by atoms with E-state index in [0.717, 1.165) is 35.3 Å². The summed E-state index contributed by atoms with van der Waals surface area (Å²) in [5.41, 5.74) is 5.18. The number of H-pyrrole nitrogens is 2. The van der Waals surface area contributed by atoms with Gasteiger partial charge in [0.2, 0.25) is 0 Å². The molecule has 5 nitrogen and oxygen atoms in total. The summed E-state index contributed by atoms with van der Waals surface area (Å²) in [6.07, 6.45) is 1.75. The van der Waals surface area contributed by atoms with E-state index in [-0.39, 0.29) is 5.91 Å². The molecule has 0 spiro atoms. The lowest BCUT2D eigenvalue weighted by molar-refractivity contribution is 0.0729. The maximum atomic E-state index is 12.7. The molecule has 1 aliphatic heterocycles. The molecule has 0 radical (unpaired) electrons. The molecule has 3 aromatic heterocycles. The minimum absolute atomic E-state index is 0.0762. The molecule has 4 heterocycles. The first-order valence-electron chi connectivity index (χ1n) is 7.16. The second kappa shape index (κ2) is 4.73. The fourth-order valence-electron chi connectivity index (χ4n) is 2.95. The number of nitrogens with one attached hydrogen (secondary N) is 2. The number of carbonyl (C=O) groups is 1. The lowest BCUT2D eigenvalue weighted by Gasteiger charge is -2.26. The van der Waals surface area contributed by atoms with Crippen LogP contribution in [0.3, 0.4) is 0 Å². The zero-order valence-electron chi connectivity index (χ0n) is 11.8. The van der Waals surface area contributed by atoms with Crippen LogP contribution in [0.15, 0.2) is 17.5 Å². The fraction of sp³-hybridized carbons (Fsp3) is 0.333. The summed E-state index contributed by atoms with van der Waals surface area (Å²) in [5.74, 6) is 0.0762. The maximum absolute atomic E-state index is 12.7. The van der Waals surface area contributed by atoms with Gasteiger partial charge in [0.05, 0.1) is 15.9 Å². The molecule has 0 unspecified atom stereocenters. The van der Waals surface area contributed by atoms with Crippen LogP contribution in [-0.2, 0) is 19.4 Å². The number of amides is 1. The average Bonchev–Trinajstić information content (AvgIpc) is 3.19. The van der Waals surface area contributed by atoms with E-state index in [2.05, 4.69) is 22.1 Å². The predicted octanol–water partition coefficient (Wildman–Crippen LogP) is 2.71. The molecule has 0 aliphatic carbocycles. The molecule has 0 saturated carbocycles. The van der Waals surface area contributed by atoms with E-state index in [9.17, 15) is 4.79 Å². The van der Waals surface area contributed by atoms with Crippen molar-refractivity contribution in [1.29, 1.82) is 0 Å². The number of carbonyl (C=O) groups excluding carboxylic acids is 1. The highest BCUT2D eigenvalue weighted by Gasteiger charge is 2.26. The minimum atomic E-state index is 0.0762. The van der Waals surface area contributed by atoms with Crippen LogP contribution < -0.4 is 0 Å². The van der Waals surface area contributed by atoms with Gasteiger partial charge in [0.15, 0.2) is 0 Å². The van der Waals surface area contributed by atoms with Crippen LogP contribution in [0.1, 0.15) is 34.4 Å². The number of nitrogens with zero attached hydrogens (tertiary/aromatic N) is 2. The zero-order chi connectivity index (χ0) is 14.4. The van der Waals surface area contributed by atoms with Crippen LogP contribution in [0.4, 0.5) is 0 Å². The van der Waals surface area contributed by atoms with Gasteiger partial charge in [-0.15, -0.1) is 11.3 Å². The summed E-state index contributed by atoms with van der Waals surface area (Å²) in [7, 11) is 0. The van der Waals surface area contributed by atoms with E-state index >= 15 is 0 Å². The second-order valence-corrected chi connectivity index (χ2v) is 6.29. The zero-order valence-corrected chi connectivity index (χ0v) is 12.6. The summed E-state index contributed by atoms with van der Waals surface area (Å²) in [4.78, 5) is 17.8. The van der Waals surface area contributed by atoms with Crippen LogP contribution in [0.5, 0.6) is 0 Å². The Morgan fingerprint density at radius 2 is 2.43 bits per heavy atom. The Hall–Kier alpha value is -2.08. The van der Waals surface area contributed by atoms with Crippen molar-refractivity contribution in [2.75, 3.05) is 6.54 Å². The van der Waals surface area contributed by atoms with Gasteiger partial charge in [0, 0.05) is 30.8 Å². The van der Waals surface area contributed by atoms with Crippen molar-refractivity contribution < 1.29 is 4.79 Å². The van der Waals surface area contributed by atoms with Gasteiger partial charge >= 0.3 is 0 Å². The van der Waals surface area contributed by atoms with E-state index < -0.39 is 0 Å². The molecular weight excluding hydrogens is 284 g/mol. The van der Waals surface area contributed by atoms with Crippen molar-refractivity contribution in [3.63, 3.8) is 0 Å². The molecule has 0 aromatic carbocycles. The van der Waals surface area contributed by atoms with Gasteiger partial charge in [-0.05, 0) is 23.9 Å². The SMILES string of the molecule is CCc1n[nH]c2c1CN(C(=O)c1cc3sccc3[nH]1)CC2. The van der Waals surface area contributed by atoms with Crippen molar-refractivity contribution in [2.45, 2.75) is 26.3 Å². The normalized spacial score (nSPS) is 14.6. The molecule has 2 N–H and O–H groups in total. The number of aromatic amines is 2. The first-order valence-corrected chi connectivity index (χ1v) is 8.04. The van der Waals surface area contributed by atoms with Gasteiger partial charge in [-0.25, -0.2) is 0 Å². The van der Waals surface area contributed by atoms with Crippen LogP contribution in [0.2, 0.25) is 0 Å². The molecule has 3 aromatic rings. The van der Waals surface area contributed by atoms with E-state index in [0.29, 0.717) is 12.2 Å². The highest BCUT2D eigenvalue weighted by Crippen LogP contribution is 2.25. The quantitative estimate of drug-likeness (QED) is 0.764. The van der Waals surface area contributed by atoms with E-state index in [1.165, 1.54) is 11.3 Å². The molecule has 0 saturated heterocycles. The molecular formula is C15H16N4OS. The average molecular weight is 300 g/mol. The van der Waals surface area contributed by atoms with Crippen LogP contribution >= 0.6 is 11.3 Å².